The molecule has 0 aromatic carbocycles. The summed E-state index contributed by atoms with van der Waals surface area (Å²) < 4.78 is 16.4. The molecule has 0 aromatic rings. The monoisotopic (exact) mass is 404 g/mol. The first-order chi connectivity index (χ1) is 13.7. The fourth-order valence-corrected chi connectivity index (χ4v) is 3.79. The summed E-state index contributed by atoms with van der Waals surface area (Å²) in [5.41, 5.74) is 1.34. The van der Waals surface area contributed by atoms with E-state index < -0.39 is 23.6 Å². The molecule has 2 rings (SSSR count). The number of carbonyl (C=O) groups is 3. The molecular formula is C23H32O6. The van der Waals surface area contributed by atoms with Crippen LogP contribution in [0, 0.1) is 5.92 Å². The van der Waals surface area contributed by atoms with Crippen LogP contribution in [-0.2, 0) is 28.6 Å². The molecule has 0 aliphatic carbocycles. The van der Waals surface area contributed by atoms with Gasteiger partial charge in [0.05, 0.1) is 7.11 Å². The molecule has 0 saturated heterocycles. The highest BCUT2D eigenvalue weighted by molar-refractivity contribution is 5.89. The minimum absolute atomic E-state index is 0.275. The van der Waals surface area contributed by atoms with E-state index in [1.54, 1.807) is 13.0 Å². The second-order valence-electron chi connectivity index (χ2n) is 8.19. The number of hydrogen-bond acceptors (Lipinski definition) is 6. The van der Waals surface area contributed by atoms with Gasteiger partial charge in [-0.05, 0) is 51.4 Å². The van der Waals surface area contributed by atoms with Crippen LogP contribution in [0.5, 0.6) is 0 Å². The van der Waals surface area contributed by atoms with Gasteiger partial charge in [-0.3, -0.25) is 4.79 Å². The second kappa shape index (κ2) is 9.90. The van der Waals surface area contributed by atoms with Crippen LogP contribution in [-0.4, -0.2) is 36.7 Å². The fourth-order valence-electron chi connectivity index (χ4n) is 3.79. The van der Waals surface area contributed by atoms with Crippen LogP contribution in [0.4, 0.5) is 0 Å². The number of carbonyl (C=O) groups excluding carboxylic acids is 3. The maximum Gasteiger partial charge on any atom is 0.334 e. The Morgan fingerprint density at radius 3 is 2.55 bits per heavy atom. The maximum atomic E-state index is 12.8. The predicted octanol–water partition coefficient (Wildman–Crippen LogP) is 4.20. The van der Waals surface area contributed by atoms with E-state index in [2.05, 4.69) is 13.8 Å². The van der Waals surface area contributed by atoms with Crippen LogP contribution in [0.1, 0.15) is 66.2 Å². The summed E-state index contributed by atoms with van der Waals surface area (Å²) >= 11 is 0. The van der Waals surface area contributed by atoms with Gasteiger partial charge in [-0.25, -0.2) is 9.59 Å². The quantitative estimate of drug-likeness (QED) is 0.518. The Kier molecular flexibility index (Phi) is 7.82. The Morgan fingerprint density at radius 1 is 1.21 bits per heavy atom. The normalized spacial score (nSPS) is 29.5. The van der Waals surface area contributed by atoms with Crippen LogP contribution in [0.15, 0.2) is 34.9 Å². The lowest BCUT2D eigenvalue weighted by molar-refractivity contribution is -0.181. The second-order valence-corrected chi connectivity index (χ2v) is 8.19. The molecule has 6 nitrogen and oxygen atoms in total. The highest BCUT2D eigenvalue weighted by Crippen LogP contribution is 2.34. The Morgan fingerprint density at radius 2 is 1.93 bits per heavy atom. The van der Waals surface area contributed by atoms with Crippen molar-refractivity contribution < 1.29 is 28.6 Å². The summed E-state index contributed by atoms with van der Waals surface area (Å²) in [6, 6.07) is 0. The van der Waals surface area contributed by atoms with Gasteiger partial charge < -0.3 is 14.2 Å². The number of allylic oxidation sites excluding steroid dienone is 4. The SMILES string of the molecule is COC(=O)/C1=C\C=C(\C(C)C)CCC2=CCC[C@@](C)(OC2=O)[C@@H](OC(C)=O)CC1. The molecule has 0 radical (unpaired) electrons. The zero-order chi connectivity index (χ0) is 21.6. The third-order valence-electron chi connectivity index (χ3n) is 5.66. The van der Waals surface area contributed by atoms with Gasteiger partial charge in [0.2, 0.25) is 0 Å². The molecule has 0 N–H and O–H groups in total. The van der Waals surface area contributed by atoms with Crippen molar-refractivity contribution in [1.29, 1.82) is 0 Å². The first kappa shape index (κ1) is 22.9. The largest absolute Gasteiger partial charge is 0.466 e. The number of ether oxygens (including phenoxy) is 3. The smallest absolute Gasteiger partial charge is 0.334 e. The van der Waals surface area contributed by atoms with Crippen molar-refractivity contribution in [2.24, 2.45) is 5.92 Å². The lowest BCUT2D eigenvalue weighted by atomic mass is 9.88. The van der Waals surface area contributed by atoms with E-state index in [0.29, 0.717) is 49.7 Å². The van der Waals surface area contributed by atoms with Gasteiger partial charge in [0.25, 0.3) is 0 Å². The van der Waals surface area contributed by atoms with E-state index in [1.807, 2.05) is 12.2 Å². The topological polar surface area (TPSA) is 78.9 Å². The van der Waals surface area contributed by atoms with Crippen molar-refractivity contribution in [1.82, 2.24) is 0 Å². The molecule has 0 spiro atoms. The molecule has 6 heteroatoms. The van der Waals surface area contributed by atoms with Crippen molar-refractivity contribution in [3.8, 4) is 0 Å². The van der Waals surface area contributed by atoms with Crippen molar-refractivity contribution in [3.05, 3.63) is 34.9 Å². The molecule has 2 atom stereocenters. The standard InChI is InChI=1S/C23H32O6/c1-15(2)17-8-10-18-7-6-14-23(4,29-22(18)26)20(28-16(3)24)13-12-19(11-9-17)21(25)27-5/h7,9,11,15,20H,6,8,10,12-14H2,1-5H3/b17-9+,19-11-/t20-,23+/m0/s1. The molecule has 2 bridgehead atoms. The Labute approximate surface area is 173 Å². The molecule has 0 aromatic heterocycles. The zero-order valence-corrected chi connectivity index (χ0v) is 18.1. The fraction of sp³-hybridized carbons (Fsp3) is 0.609. The zero-order valence-electron chi connectivity index (χ0n) is 18.1. The average Bonchev–Trinajstić information content (AvgIpc) is 2.79. The van der Waals surface area contributed by atoms with Crippen LogP contribution in [0.2, 0.25) is 0 Å². The molecule has 29 heavy (non-hydrogen) atoms. The molecule has 0 fully saturated rings. The molecular weight excluding hydrogens is 372 g/mol. The van der Waals surface area contributed by atoms with Gasteiger partial charge in [-0.1, -0.05) is 37.6 Å². The minimum Gasteiger partial charge on any atom is -0.466 e. The molecule has 0 saturated carbocycles. The van der Waals surface area contributed by atoms with E-state index in [9.17, 15) is 14.4 Å². The molecule has 2 heterocycles. The van der Waals surface area contributed by atoms with Crippen LogP contribution >= 0.6 is 0 Å². The van der Waals surface area contributed by atoms with Gasteiger partial charge in [-0.15, -0.1) is 0 Å². The van der Waals surface area contributed by atoms with Crippen LogP contribution in [0.3, 0.4) is 0 Å². The van der Waals surface area contributed by atoms with E-state index >= 15 is 0 Å². The first-order valence-electron chi connectivity index (χ1n) is 10.2. The molecule has 0 amide bonds. The molecule has 2 aliphatic heterocycles. The van der Waals surface area contributed by atoms with Crippen molar-refractivity contribution in [2.45, 2.75) is 77.9 Å². The Hall–Kier alpha value is -2.37. The van der Waals surface area contributed by atoms with E-state index in [-0.39, 0.29) is 11.9 Å². The minimum atomic E-state index is -0.954. The van der Waals surface area contributed by atoms with Crippen LogP contribution in [0.25, 0.3) is 0 Å². The van der Waals surface area contributed by atoms with Gasteiger partial charge in [0, 0.05) is 18.1 Å². The van der Waals surface area contributed by atoms with Gasteiger partial charge in [0.1, 0.15) is 11.7 Å². The Balaban J connectivity index is 2.48. The van der Waals surface area contributed by atoms with Crippen LogP contribution < -0.4 is 0 Å². The lowest BCUT2D eigenvalue weighted by Gasteiger charge is -2.35. The number of methoxy groups -OCH3 is 1. The summed E-state index contributed by atoms with van der Waals surface area (Å²) in [6.45, 7) is 7.31. The third kappa shape index (κ3) is 6.05. The van der Waals surface area contributed by atoms with Crippen molar-refractivity contribution in [2.75, 3.05) is 7.11 Å². The molecule has 160 valence electrons. The number of hydrogen-bond donors (Lipinski definition) is 0. The number of fused-ring (bicyclic) bond motifs is 3. The van der Waals surface area contributed by atoms with Crippen molar-refractivity contribution >= 4 is 17.9 Å². The third-order valence-corrected chi connectivity index (χ3v) is 5.66. The summed E-state index contributed by atoms with van der Waals surface area (Å²) in [7, 11) is 1.35. The van der Waals surface area contributed by atoms with Gasteiger partial charge >= 0.3 is 17.9 Å². The molecule has 2 aliphatic rings. The van der Waals surface area contributed by atoms with Crippen molar-refractivity contribution in [3.63, 3.8) is 0 Å². The highest BCUT2D eigenvalue weighted by atomic mass is 16.6. The summed E-state index contributed by atoms with van der Waals surface area (Å²) in [5, 5.41) is 0. The maximum absolute atomic E-state index is 12.8. The van der Waals surface area contributed by atoms with Gasteiger partial charge in [-0.2, -0.15) is 0 Å². The number of esters is 3. The van der Waals surface area contributed by atoms with E-state index in [1.165, 1.54) is 14.0 Å². The van der Waals surface area contributed by atoms with Gasteiger partial charge in [0.15, 0.2) is 0 Å². The number of rotatable bonds is 3. The molecule has 0 unspecified atom stereocenters. The van der Waals surface area contributed by atoms with E-state index in [0.717, 1.165) is 5.57 Å². The predicted molar refractivity (Wildman–Crippen MR) is 109 cm³/mol. The average molecular weight is 405 g/mol. The summed E-state index contributed by atoms with van der Waals surface area (Å²) in [5.74, 6) is -0.936. The first-order valence-corrected chi connectivity index (χ1v) is 10.2. The summed E-state index contributed by atoms with van der Waals surface area (Å²) in [6.07, 6.45) is 8.20. The summed E-state index contributed by atoms with van der Waals surface area (Å²) in [4.78, 5) is 36.8. The lowest BCUT2D eigenvalue weighted by Crippen LogP contribution is -2.45. The Bertz CT molecular complexity index is 742. The van der Waals surface area contributed by atoms with E-state index in [4.69, 9.17) is 14.2 Å². The highest BCUT2D eigenvalue weighted by Gasteiger charge is 2.42.